The van der Waals surface area contributed by atoms with Crippen LogP contribution in [-0.4, -0.2) is 50.9 Å². The van der Waals surface area contributed by atoms with Crippen molar-refractivity contribution >= 4 is 17.2 Å². The Balaban J connectivity index is 1.43. The third-order valence-corrected chi connectivity index (χ3v) is 4.57. The fourth-order valence-electron chi connectivity index (χ4n) is 3.09. The largest absolute Gasteiger partial charge is 0.496 e. The van der Waals surface area contributed by atoms with Crippen LogP contribution in [0.4, 0.5) is 5.69 Å². The van der Waals surface area contributed by atoms with Gasteiger partial charge in [-0.2, -0.15) is 4.52 Å². The quantitative estimate of drug-likeness (QED) is 0.254. The van der Waals surface area contributed by atoms with Crippen molar-refractivity contribution in [1.29, 1.82) is 0 Å². The maximum atomic E-state index is 12.3. The predicted octanol–water partition coefficient (Wildman–Crippen LogP) is 2.52. The smallest absolute Gasteiger partial charge is 0.282 e. The highest BCUT2D eigenvalue weighted by Gasteiger charge is 2.19. The second-order valence-corrected chi connectivity index (χ2v) is 6.54. The molecule has 32 heavy (non-hydrogen) atoms. The first-order valence-electron chi connectivity index (χ1n) is 9.59. The van der Waals surface area contributed by atoms with Gasteiger partial charge in [0.25, 0.3) is 11.6 Å². The molecule has 4 aromatic rings. The summed E-state index contributed by atoms with van der Waals surface area (Å²) in [6, 6.07) is 16.5. The molecule has 0 fully saturated rings. The number of nitrogens with zero attached hydrogens (tertiary/aromatic N) is 5. The average Bonchev–Trinajstić information content (AvgIpc) is 3.24. The van der Waals surface area contributed by atoms with E-state index in [9.17, 15) is 14.9 Å². The summed E-state index contributed by atoms with van der Waals surface area (Å²) in [5.41, 5.74) is 0.990. The van der Waals surface area contributed by atoms with Gasteiger partial charge < -0.3 is 14.8 Å². The third kappa shape index (κ3) is 4.17. The standard InChI is InChI=1S/C21H18N6O5/c1-31-17-9-5-3-7-15(17)20-24-23-18-10-11-19(25-26(18)20)32-13-12-22-21(28)14-6-2-4-8-16(14)27(29)30/h2-11H,12-13H2,1H3,(H,22,28). The Kier molecular flexibility index (Phi) is 5.88. The van der Waals surface area contributed by atoms with E-state index in [1.165, 1.54) is 18.2 Å². The molecule has 0 aliphatic rings. The molecule has 4 rings (SSSR count). The topological polar surface area (TPSA) is 134 Å². The lowest BCUT2D eigenvalue weighted by molar-refractivity contribution is -0.385. The van der Waals surface area contributed by atoms with Gasteiger partial charge in [0.05, 0.1) is 24.1 Å². The summed E-state index contributed by atoms with van der Waals surface area (Å²) in [7, 11) is 1.57. The Morgan fingerprint density at radius 1 is 1.09 bits per heavy atom. The molecule has 2 aromatic heterocycles. The second kappa shape index (κ2) is 9.08. The maximum Gasteiger partial charge on any atom is 0.282 e. The molecule has 0 bridgehead atoms. The summed E-state index contributed by atoms with van der Waals surface area (Å²) >= 11 is 0. The number of para-hydroxylation sites is 2. The highest BCUT2D eigenvalue weighted by Crippen LogP contribution is 2.28. The number of nitro groups is 1. The molecule has 11 nitrogen and oxygen atoms in total. The van der Waals surface area contributed by atoms with Crippen molar-refractivity contribution in [3.8, 4) is 23.0 Å². The van der Waals surface area contributed by atoms with Crippen LogP contribution in [0.5, 0.6) is 11.6 Å². The van der Waals surface area contributed by atoms with Crippen LogP contribution >= 0.6 is 0 Å². The molecule has 0 radical (unpaired) electrons. The van der Waals surface area contributed by atoms with Gasteiger partial charge in [-0.05, 0) is 24.3 Å². The summed E-state index contributed by atoms with van der Waals surface area (Å²) in [6.45, 7) is 0.239. The molecule has 1 N–H and O–H groups in total. The number of nitrogens with one attached hydrogen (secondary N) is 1. The van der Waals surface area contributed by atoms with E-state index in [-0.39, 0.29) is 24.4 Å². The Morgan fingerprint density at radius 2 is 1.88 bits per heavy atom. The van der Waals surface area contributed by atoms with Crippen molar-refractivity contribution in [2.75, 3.05) is 20.3 Å². The van der Waals surface area contributed by atoms with Crippen LogP contribution in [0.3, 0.4) is 0 Å². The minimum absolute atomic E-state index is 0.0111. The Morgan fingerprint density at radius 3 is 2.69 bits per heavy atom. The molecule has 11 heteroatoms. The van der Waals surface area contributed by atoms with Gasteiger partial charge in [-0.1, -0.05) is 24.3 Å². The lowest BCUT2D eigenvalue weighted by Gasteiger charge is -2.09. The average molecular weight is 434 g/mol. The zero-order valence-electron chi connectivity index (χ0n) is 17.0. The second-order valence-electron chi connectivity index (χ2n) is 6.54. The number of benzene rings is 2. The van der Waals surface area contributed by atoms with Crippen LogP contribution in [0.15, 0.2) is 60.7 Å². The van der Waals surface area contributed by atoms with Crippen molar-refractivity contribution < 1.29 is 19.2 Å². The fourth-order valence-corrected chi connectivity index (χ4v) is 3.09. The lowest BCUT2D eigenvalue weighted by atomic mass is 10.1. The van der Waals surface area contributed by atoms with Crippen LogP contribution in [0.2, 0.25) is 0 Å². The van der Waals surface area contributed by atoms with Crippen molar-refractivity contribution in [3.63, 3.8) is 0 Å². The zero-order valence-corrected chi connectivity index (χ0v) is 17.0. The molecule has 0 atom stereocenters. The molecule has 0 spiro atoms. The lowest BCUT2D eigenvalue weighted by Crippen LogP contribution is -2.28. The molecule has 0 aliphatic heterocycles. The van der Waals surface area contributed by atoms with E-state index in [1.807, 2.05) is 24.3 Å². The van der Waals surface area contributed by atoms with Gasteiger partial charge in [0, 0.05) is 12.1 Å². The first-order chi connectivity index (χ1) is 15.6. The van der Waals surface area contributed by atoms with Crippen LogP contribution in [0.1, 0.15) is 10.4 Å². The van der Waals surface area contributed by atoms with E-state index >= 15 is 0 Å². The predicted molar refractivity (Wildman–Crippen MR) is 114 cm³/mol. The monoisotopic (exact) mass is 434 g/mol. The molecule has 2 aromatic carbocycles. The summed E-state index contributed by atoms with van der Waals surface area (Å²) in [6.07, 6.45) is 0. The molecule has 162 valence electrons. The molecule has 1 amide bonds. The van der Waals surface area contributed by atoms with Crippen LogP contribution in [0, 0.1) is 10.1 Å². The number of carbonyl (C=O) groups is 1. The summed E-state index contributed by atoms with van der Waals surface area (Å²) in [4.78, 5) is 22.7. The zero-order chi connectivity index (χ0) is 22.5. The van der Waals surface area contributed by atoms with Gasteiger partial charge in [0.2, 0.25) is 5.88 Å². The molecule has 0 aliphatic carbocycles. The molecular formula is C21H18N6O5. The Labute approximate surface area is 181 Å². The van der Waals surface area contributed by atoms with Gasteiger partial charge in [-0.3, -0.25) is 14.9 Å². The first-order valence-corrected chi connectivity index (χ1v) is 9.59. The van der Waals surface area contributed by atoms with Gasteiger partial charge in [-0.15, -0.1) is 15.3 Å². The number of aromatic nitrogens is 4. The highest BCUT2D eigenvalue weighted by molar-refractivity contribution is 5.98. The summed E-state index contributed by atoms with van der Waals surface area (Å²) in [5.74, 6) is 0.871. The number of carbonyl (C=O) groups excluding carboxylic acids is 1. The van der Waals surface area contributed by atoms with E-state index in [4.69, 9.17) is 9.47 Å². The van der Waals surface area contributed by atoms with E-state index < -0.39 is 10.8 Å². The molecule has 2 heterocycles. The van der Waals surface area contributed by atoms with E-state index in [2.05, 4.69) is 20.6 Å². The third-order valence-electron chi connectivity index (χ3n) is 4.57. The van der Waals surface area contributed by atoms with Gasteiger partial charge in [-0.25, -0.2) is 0 Å². The van der Waals surface area contributed by atoms with Crippen LogP contribution in [0.25, 0.3) is 17.0 Å². The van der Waals surface area contributed by atoms with E-state index in [0.717, 1.165) is 5.56 Å². The number of amides is 1. The number of methoxy groups -OCH3 is 1. The molecule has 0 unspecified atom stereocenters. The number of nitro benzene ring substituents is 1. The van der Waals surface area contributed by atoms with E-state index in [0.29, 0.717) is 23.1 Å². The van der Waals surface area contributed by atoms with Crippen molar-refractivity contribution in [2.45, 2.75) is 0 Å². The highest BCUT2D eigenvalue weighted by atomic mass is 16.6. The number of hydrogen-bond acceptors (Lipinski definition) is 8. The number of fused-ring (bicyclic) bond motifs is 1. The summed E-state index contributed by atoms with van der Waals surface area (Å²) < 4.78 is 12.6. The number of rotatable bonds is 8. The van der Waals surface area contributed by atoms with Gasteiger partial charge >= 0.3 is 0 Å². The normalized spacial score (nSPS) is 10.7. The summed E-state index contributed by atoms with van der Waals surface area (Å²) in [5, 5.41) is 26.4. The van der Waals surface area contributed by atoms with E-state index in [1.54, 1.807) is 29.8 Å². The number of hydrogen-bond donors (Lipinski definition) is 1. The van der Waals surface area contributed by atoms with Crippen molar-refractivity contribution in [3.05, 3.63) is 76.3 Å². The Hall–Kier alpha value is -4.54. The van der Waals surface area contributed by atoms with Crippen molar-refractivity contribution in [1.82, 2.24) is 25.1 Å². The van der Waals surface area contributed by atoms with Gasteiger partial charge in [0.15, 0.2) is 11.5 Å². The fraction of sp³-hybridized carbons (Fsp3) is 0.143. The first kappa shape index (κ1) is 20.7. The minimum Gasteiger partial charge on any atom is -0.496 e. The maximum absolute atomic E-state index is 12.3. The van der Waals surface area contributed by atoms with Gasteiger partial charge in [0.1, 0.15) is 17.9 Å². The number of ether oxygens (including phenoxy) is 2. The minimum atomic E-state index is -0.594. The molecule has 0 saturated carbocycles. The van der Waals surface area contributed by atoms with Crippen molar-refractivity contribution in [2.24, 2.45) is 0 Å². The Bertz CT molecular complexity index is 1290. The SMILES string of the molecule is COc1ccccc1-c1nnc2ccc(OCCNC(=O)c3ccccc3[N+](=O)[O-])nn12. The molecule has 0 saturated heterocycles. The van der Waals surface area contributed by atoms with Crippen LogP contribution in [-0.2, 0) is 0 Å². The van der Waals surface area contributed by atoms with Crippen LogP contribution < -0.4 is 14.8 Å². The molecular weight excluding hydrogens is 416 g/mol.